The van der Waals surface area contributed by atoms with Gasteiger partial charge in [-0.1, -0.05) is 12.8 Å². The van der Waals surface area contributed by atoms with Gasteiger partial charge < -0.3 is 15.4 Å². The molecule has 1 aromatic carbocycles. The zero-order valence-corrected chi connectivity index (χ0v) is 14.6. The van der Waals surface area contributed by atoms with Gasteiger partial charge in [0.15, 0.2) is 5.82 Å². The number of hydrogen-bond donors (Lipinski definition) is 2. The van der Waals surface area contributed by atoms with Crippen LogP contribution in [0.1, 0.15) is 44.1 Å². The van der Waals surface area contributed by atoms with Crippen molar-refractivity contribution in [1.29, 1.82) is 0 Å². The molecule has 1 aliphatic carbocycles. The number of benzene rings is 1. The number of piperidine rings is 1. The summed E-state index contributed by atoms with van der Waals surface area (Å²) in [6, 6.07) is 4.95. The first-order valence-electron chi connectivity index (χ1n) is 9.32. The molecule has 2 aliphatic rings. The number of anilines is 1. The zero-order chi connectivity index (χ0) is 16.5. The first kappa shape index (κ1) is 15.8. The van der Waals surface area contributed by atoms with Gasteiger partial charge in [0.2, 0.25) is 0 Å². The highest BCUT2D eigenvalue weighted by molar-refractivity contribution is 5.92. The van der Waals surface area contributed by atoms with E-state index in [1.54, 1.807) is 0 Å². The molecule has 24 heavy (non-hydrogen) atoms. The first-order chi connectivity index (χ1) is 11.7. The number of rotatable bonds is 4. The Kier molecular flexibility index (Phi) is 4.35. The molecule has 5 nitrogen and oxygen atoms in total. The molecule has 1 saturated carbocycles. The zero-order valence-electron chi connectivity index (χ0n) is 14.6. The van der Waals surface area contributed by atoms with Gasteiger partial charge in [-0.05, 0) is 63.2 Å². The van der Waals surface area contributed by atoms with Gasteiger partial charge in [0.1, 0.15) is 5.75 Å². The molecular formula is C19H28N4O. The molecule has 130 valence electrons. The lowest BCUT2D eigenvalue weighted by Crippen LogP contribution is -2.41. The third-order valence-electron chi connectivity index (χ3n) is 5.84. The van der Waals surface area contributed by atoms with E-state index in [-0.39, 0.29) is 0 Å². The Balaban J connectivity index is 1.32. The fourth-order valence-corrected chi connectivity index (χ4v) is 4.41. The number of nitrogens with one attached hydrogen (secondary N) is 1. The molecule has 0 unspecified atom stereocenters. The Morgan fingerprint density at radius 3 is 2.71 bits per heavy atom. The monoisotopic (exact) mass is 328 g/mol. The van der Waals surface area contributed by atoms with Crippen LogP contribution in [0.3, 0.4) is 0 Å². The van der Waals surface area contributed by atoms with Gasteiger partial charge in [-0.15, -0.1) is 0 Å². The Hall–Kier alpha value is -1.75. The molecule has 2 fully saturated rings. The standard InChI is InChI=1S/C19H28N4O/c1-13-10-16(11-17-18(13)19(20)22-21-17)24-12-14-6-8-23(9-7-14)15-4-2-3-5-15/h10-11,14-15H,2-9,12H2,1H3,(H3,20,21,22). The molecule has 1 aliphatic heterocycles. The van der Waals surface area contributed by atoms with E-state index in [9.17, 15) is 0 Å². The Morgan fingerprint density at radius 2 is 1.96 bits per heavy atom. The summed E-state index contributed by atoms with van der Waals surface area (Å²) in [7, 11) is 0. The van der Waals surface area contributed by atoms with Crippen LogP contribution in [0.25, 0.3) is 10.9 Å². The molecule has 0 spiro atoms. The molecule has 5 heteroatoms. The van der Waals surface area contributed by atoms with Crippen LogP contribution in [0.4, 0.5) is 5.82 Å². The highest BCUT2D eigenvalue weighted by atomic mass is 16.5. The SMILES string of the molecule is Cc1cc(OCC2CCN(C3CCCC3)CC2)cc2[nH]nc(N)c12. The van der Waals surface area contributed by atoms with E-state index in [4.69, 9.17) is 10.5 Å². The van der Waals surface area contributed by atoms with Gasteiger partial charge in [-0.25, -0.2) is 0 Å². The highest BCUT2D eigenvalue weighted by Crippen LogP contribution is 2.30. The summed E-state index contributed by atoms with van der Waals surface area (Å²) in [6.07, 6.45) is 8.19. The molecule has 0 radical (unpaired) electrons. The quantitative estimate of drug-likeness (QED) is 0.901. The number of aromatic nitrogens is 2. The van der Waals surface area contributed by atoms with Gasteiger partial charge >= 0.3 is 0 Å². The van der Waals surface area contributed by atoms with E-state index >= 15 is 0 Å². The van der Waals surface area contributed by atoms with Crippen molar-refractivity contribution in [1.82, 2.24) is 15.1 Å². The minimum Gasteiger partial charge on any atom is -0.493 e. The van der Waals surface area contributed by atoms with E-state index in [1.807, 2.05) is 6.07 Å². The normalized spacial score (nSPS) is 20.9. The predicted octanol–water partition coefficient (Wildman–Crippen LogP) is 3.49. The second-order valence-electron chi connectivity index (χ2n) is 7.50. The molecule has 1 saturated heterocycles. The molecule has 3 N–H and O–H groups in total. The third kappa shape index (κ3) is 3.09. The smallest absolute Gasteiger partial charge is 0.153 e. The van der Waals surface area contributed by atoms with Crippen molar-refractivity contribution in [3.05, 3.63) is 17.7 Å². The van der Waals surface area contributed by atoms with Crippen LogP contribution in [0, 0.1) is 12.8 Å². The topological polar surface area (TPSA) is 67.2 Å². The van der Waals surface area contributed by atoms with Crippen molar-refractivity contribution in [2.45, 2.75) is 51.5 Å². The van der Waals surface area contributed by atoms with Crippen LogP contribution < -0.4 is 10.5 Å². The van der Waals surface area contributed by atoms with E-state index in [2.05, 4.69) is 28.1 Å². The summed E-state index contributed by atoms with van der Waals surface area (Å²) in [6.45, 7) is 5.36. The maximum Gasteiger partial charge on any atom is 0.153 e. The minimum absolute atomic E-state index is 0.563. The Labute approximate surface area is 143 Å². The number of fused-ring (bicyclic) bond motifs is 1. The number of likely N-dealkylation sites (tertiary alicyclic amines) is 1. The first-order valence-corrected chi connectivity index (χ1v) is 9.32. The van der Waals surface area contributed by atoms with E-state index in [0.29, 0.717) is 11.7 Å². The fourth-order valence-electron chi connectivity index (χ4n) is 4.41. The molecule has 2 heterocycles. The second-order valence-corrected chi connectivity index (χ2v) is 7.50. The number of nitrogen functional groups attached to an aromatic ring is 1. The van der Waals surface area contributed by atoms with Crippen molar-refractivity contribution in [2.75, 3.05) is 25.4 Å². The molecule has 0 amide bonds. The van der Waals surface area contributed by atoms with Gasteiger partial charge in [0.25, 0.3) is 0 Å². The van der Waals surface area contributed by atoms with Crippen molar-refractivity contribution in [3.8, 4) is 5.75 Å². The third-order valence-corrected chi connectivity index (χ3v) is 5.84. The van der Waals surface area contributed by atoms with Crippen LogP contribution in [0.5, 0.6) is 5.75 Å². The lowest BCUT2D eigenvalue weighted by Gasteiger charge is -2.35. The highest BCUT2D eigenvalue weighted by Gasteiger charge is 2.27. The summed E-state index contributed by atoms with van der Waals surface area (Å²) in [5.41, 5.74) is 7.97. The summed E-state index contributed by atoms with van der Waals surface area (Å²) in [5.74, 6) is 2.15. The van der Waals surface area contributed by atoms with Crippen molar-refractivity contribution >= 4 is 16.7 Å². The Bertz CT molecular complexity index is 697. The fraction of sp³-hybridized carbons (Fsp3) is 0.632. The number of aryl methyl sites for hydroxylation is 1. The van der Waals surface area contributed by atoms with E-state index in [1.165, 1.54) is 51.6 Å². The lowest BCUT2D eigenvalue weighted by atomic mass is 9.96. The maximum absolute atomic E-state index is 6.10. The molecule has 0 bridgehead atoms. The van der Waals surface area contributed by atoms with E-state index in [0.717, 1.165) is 34.9 Å². The maximum atomic E-state index is 6.10. The summed E-state index contributed by atoms with van der Waals surface area (Å²) in [5, 5.41) is 8.07. The van der Waals surface area contributed by atoms with Crippen LogP contribution >= 0.6 is 0 Å². The van der Waals surface area contributed by atoms with Crippen LogP contribution in [-0.2, 0) is 0 Å². The van der Waals surface area contributed by atoms with E-state index < -0.39 is 0 Å². The molecular weight excluding hydrogens is 300 g/mol. The second kappa shape index (κ2) is 6.63. The summed E-state index contributed by atoms with van der Waals surface area (Å²) in [4.78, 5) is 2.72. The Morgan fingerprint density at radius 1 is 1.21 bits per heavy atom. The number of hydrogen-bond acceptors (Lipinski definition) is 4. The van der Waals surface area contributed by atoms with Gasteiger partial charge in [-0.2, -0.15) is 5.10 Å². The van der Waals surface area contributed by atoms with Gasteiger partial charge in [0.05, 0.1) is 12.1 Å². The number of nitrogens with zero attached hydrogens (tertiary/aromatic N) is 2. The predicted molar refractivity (Wildman–Crippen MR) is 97.3 cm³/mol. The van der Waals surface area contributed by atoms with Crippen LogP contribution in [0.2, 0.25) is 0 Å². The van der Waals surface area contributed by atoms with Crippen molar-refractivity contribution in [3.63, 3.8) is 0 Å². The number of ether oxygens (including phenoxy) is 1. The number of nitrogens with two attached hydrogens (primary N) is 1. The largest absolute Gasteiger partial charge is 0.493 e. The average Bonchev–Trinajstić information content (AvgIpc) is 3.24. The average molecular weight is 328 g/mol. The number of H-pyrrole nitrogens is 1. The van der Waals surface area contributed by atoms with Crippen molar-refractivity contribution in [2.24, 2.45) is 5.92 Å². The molecule has 1 aromatic heterocycles. The summed E-state index contributed by atoms with van der Waals surface area (Å²) < 4.78 is 6.10. The van der Waals surface area contributed by atoms with Crippen molar-refractivity contribution < 1.29 is 4.74 Å². The van der Waals surface area contributed by atoms with Gasteiger partial charge in [0, 0.05) is 17.5 Å². The molecule has 0 atom stereocenters. The van der Waals surface area contributed by atoms with Crippen LogP contribution in [-0.4, -0.2) is 40.8 Å². The molecule has 4 rings (SSSR count). The minimum atomic E-state index is 0.563. The van der Waals surface area contributed by atoms with Crippen LogP contribution in [0.15, 0.2) is 12.1 Å². The molecule has 2 aromatic rings. The number of aromatic amines is 1. The van der Waals surface area contributed by atoms with Gasteiger partial charge in [-0.3, -0.25) is 5.10 Å². The summed E-state index contributed by atoms with van der Waals surface area (Å²) >= 11 is 0. The lowest BCUT2D eigenvalue weighted by molar-refractivity contribution is 0.108.